The Balaban J connectivity index is 0. The zero-order valence-corrected chi connectivity index (χ0v) is 10.6. The molecule has 1 aliphatic rings. The van der Waals surface area contributed by atoms with Gasteiger partial charge in [0.15, 0.2) is 0 Å². The molecular weight excluding hydrogens is 255 g/mol. The fourth-order valence-corrected chi connectivity index (χ4v) is 0.641. The van der Waals surface area contributed by atoms with Crippen molar-refractivity contribution >= 4 is 0 Å². The van der Waals surface area contributed by atoms with E-state index in [1.54, 1.807) is 12.5 Å². The number of hydrogen-bond acceptors (Lipinski definition) is 1. The van der Waals surface area contributed by atoms with Crippen LogP contribution in [0.3, 0.4) is 0 Å². The Kier molecular flexibility index (Phi) is 7.95. The Hall–Kier alpha value is -0.187. The molecule has 0 bridgehead atoms. The van der Waals surface area contributed by atoms with Crippen molar-refractivity contribution < 1.29 is 36.5 Å². The molecule has 0 fully saturated rings. The van der Waals surface area contributed by atoms with E-state index in [0.717, 1.165) is 5.57 Å². The van der Waals surface area contributed by atoms with Gasteiger partial charge >= 0.3 is 0 Å². The molecule has 53 valence electrons. The monoisotopic (exact) mass is 259 g/mol. The molecule has 0 saturated carbocycles. The number of halogens is 1. The summed E-state index contributed by atoms with van der Waals surface area (Å²) >= 11 is 0. The van der Waals surface area contributed by atoms with Gasteiger partial charge < -0.3 is 17.0 Å². The molecule has 1 nitrogen and oxygen atoms in total. The van der Waals surface area contributed by atoms with Gasteiger partial charge in [0.25, 0.3) is 0 Å². The van der Waals surface area contributed by atoms with E-state index in [0.29, 0.717) is 5.57 Å². The molecule has 0 N–H and O–H groups in total. The molecule has 0 spiro atoms. The van der Waals surface area contributed by atoms with Crippen LogP contribution in [0.2, 0.25) is 0 Å². The van der Waals surface area contributed by atoms with E-state index in [9.17, 15) is 0 Å². The molecule has 3 heteroatoms. The van der Waals surface area contributed by atoms with Gasteiger partial charge in [0.05, 0.1) is 6.07 Å². The first-order valence-corrected chi connectivity index (χ1v) is 2.65. The van der Waals surface area contributed by atoms with E-state index < -0.39 is 0 Å². The molecule has 0 aromatic carbocycles. The van der Waals surface area contributed by atoms with Crippen molar-refractivity contribution in [3.63, 3.8) is 0 Å². The summed E-state index contributed by atoms with van der Waals surface area (Å²) in [6, 6.07) is 2.03. The van der Waals surface area contributed by atoms with Gasteiger partial charge in [-0.05, 0) is 11.6 Å². The number of hydrogen-bond donors (Lipinski definition) is 0. The summed E-state index contributed by atoms with van der Waals surface area (Å²) in [6.07, 6.45) is 7.19. The van der Waals surface area contributed by atoms with Gasteiger partial charge in [0, 0.05) is 31.5 Å². The van der Waals surface area contributed by atoms with Crippen LogP contribution in [0, 0.1) is 17.8 Å². The first-order chi connectivity index (χ1) is 4.33. The largest absolute Gasteiger partial charge is 1.00 e. The fourth-order valence-electron chi connectivity index (χ4n) is 0.641. The Bertz CT molecular complexity index is 235. The van der Waals surface area contributed by atoms with E-state index in [4.69, 9.17) is 5.26 Å². The average Bonchev–Trinajstić information content (AvgIpc) is 1.88. The third-order valence-corrected chi connectivity index (χ3v) is 1.06. The molecule has 11 heavy (non-hydrogen) atoms. The van der Waals surface area contributed by atoms with Gasteiger partial charge in [0.2, 0.25) is 0 Å². The van der Waals surface area contributed by atoms with E-state index in [-0.39, 0.29) is 36.5 Å². The molecule has 0 aliphatic heterocycles. The standard InChI is InChI=1S/C8H6N.BrH.Zn/c1-7-3-2-4-8(5-7)6-9;;/h2-5H,1H2;1H;/p-1. The van der Waals surface area contributed by atoms with Crippen molar-refractivity contribution in [2.45, 2.75) is 0 Å². The quantitative estimate of drug-likeness (QED) is 0.501. The molecule has 1 radical (unpaired) electrons. The molecule has 0 atom stereocenters. The Morgan fingerprint density at radius 2 is 2.09 bits per heavy atom. The zero-order chi connectivity index (χ0) is 6.69. The van der Waals surface area contributed by atoms with E-state index in [1.165, 1.54) is 0 Å². The summed E-state index contributed by atoms with van der Waals surface area (Å²) < 4.78 is 0. The normalized spacial score (nSPS) is 13.7. The molecular formula is C8H6BrNZn-. The molecule has 0 amide bonds. The molecule has 1 rings (SSSR count). The summed E-state index contributed by atoms with van der Waals surface area (Å²) in [5.41, 5.74) is 1.55. The van der Waals surface area contributed by atoms with E-state index >= 15 is 0 Å². The number of allylic oxidation sites excluding steroid dienone is 5. The van der Waals surface area contributed by atoms with Crippen LogP contribution < -0.4 is 17.0 Å². The third kappa shape index (κ3) is 4.29. The molecule has 0 unspecified atom stereocenters. The molecule has 0 saturated heterocycles. The Morgan fingerprint density at radius 1 is 1.45 bits per heavy atom. The van der Waals surface area contributed by atoms with Gasteiger partial charge in [-0.2, -0.15) is 5.26 Å². The van der Waals surface area contributed by atoms with Crippen LogP contribution in [0.15, 0.2) is 36.0 Å². The maximum Gasteiger partial charge on any atom is 0.0953 e. The molecule has 0 aromatic heterocycles. The van der Waals surface area contributed by atoms with Crippen LogP contribution in [0.5, 0.6) is 0 Å². The smallest absolute Gasteiger partial charge is 0.0953 e. The number of nitrogens with zero attached hydrogens (tertiary/aromatic N) is 1. The number of rotatable bonds is 0. The predicted octanol–water partition coefficient (Wildman–Crippen LogP) is -1.23. The van der Waals surface area contributed by atoms with E-state index in [1.807, 2.05) is 18.2 Å². The minimum atomic E-state index is 0. The Labute approximate surface area is 90.0 Å². The van der Waals surface area contributed by atoms with Crippen molar-refractivity contribution in [3.05, 3.63) is 42.4 Å². The zero-order valence-electron chi connectivity index (χ0n) is 6.05. The first kappa shape index (κ1) is 13.4. The van der Waals surface area contributed by atoms with Gasteiger partial charge in [-0.25, -0.2) is 0 Å². The van der Waals surface area contributed by atoms with Gasteiger partial charge in [0.1, 0.15) is 0 Å². The van der Waals surface area contributed by atoms with E-state index in [2.05, 4.69) is 6.58 Å². The maximum absolute atomic E-state index is 8.38. The number of nitriles is 1. The van der Waals surface area contributed by atoms with Gasteiger partial charge in [-0.3, -0.25) is 0 Å². The summed E-state index contributed by atoms with van der Waals surface area (Å²) in [6.45, 7) is 3.68. The second-order valence-electron chi connectivity index (χ2n) is 1.81. The summed E-state index contributed by atoms with van der Waals surface area (Å²) in [7, 11) is 0. The van der Waals surface area contributed by atoms with Crippen LogP contribution in [-0.2, 0) is 19.5 Å². The third-order valence-electron chi connectivity index (χ3n) is 1.06. The fraction of sp³-hybridized carbons (Fsp3) is 0. The van der Waals surface area contributed by atoms with Crippen molar-refractivity contribution in [1.29, 1.82) is 5.26 Å². The summed E-state index contributed by atoms with van der Waals surface area (Å²) in [5.74, 6) is 0. The average molecular weight is 261 g/mol. The first-order valence-electron chi connectivity index (χ1n) is 2.65. The van der Waals surface area contributed by atoms with Crippen LogP contribution in [0.4, 0.5) is 0 Å². The van der Waals surface area contributed by atoms with Crippen LogP contribution in [-0.4, -0.2) is 0 Å². The van der Waals surface area contributed by atoms with Gasteiger partial charge in [-0.15, -0.1) is 0 Å². The van der Waals surface area contributed by atoms with Crippen LogP contribution in [0.25, 0.3) is 0 Å². The van der Waals surface area contributed by atoms with Gasteiger partial charge in [-0.1, -0.05) is 18.7 Å². The van der Waals surface area contributed by atoms with Crippen LogP contribution >= 0.6 is 0 Å². The minimum Gasteiger partial charge on any atom is -1.00 e. The minimum absolute atomic E-state index is 0. The SMILES string of the molecule is C=C1[CH]C(C#N)=CC=C1.[Br-].[Zn]. The summed E-state index contributed by atoms with van der Waals surface area (Å²) in [5, 5.41) is 8.38. The molecule has 0 heterocycles. The molecule has 0 aromatic rings. The van der Waals surface area contributed by atoms with Crippen LogP contribution in [0.1, 0.15) is 0 Å². The van der Waals surface area contributed by atoms with Crippen molar-refractivity contribution in [1.82, 2.24) is 0 Å². The second kappa shape index (κ2) is 6.52. The topological polar surface area (TPSA) is 23.8 Å². The summed E-state index contributed by atoms with van der Waals surface area (Å²) in [4.78, 5) is 0. The van der Waals surface area contributed by atoms with Crippen molar-refractivity contribution in [2.75, 3.05) is 0 Å². The van der Waals surface area contributed by atoms with Crippen molar-refractivity contribution in [3.8, 4) is 6.07 Å². The maximum atomic E-state index is 8.38. The Morgan fingerprint density at radius 3 is 2.45 bits per heavy atom. The second-order valence-corrected chi connectivity index (χ2v) is 1.81. The predicted molar refractivity (Wildman–Crippen MR) is 36.3 cm³/mol. The van der Waals surface area contributed by atoms with Crippen molar-refractivity contribution in [2.24, 2.45) is 0 Å². The molecule has 1 aliphatic carbocycles.